The molecule has 136 valence electrons. The zero-order valence-corrected chi connectivity index (χ0v) is 14.5. The SMILES string of the molecule is COc1cc(C=NNC(N)=O)ccc1OCC(=O)Nc1ccccc1C. The minimum Gasteiger partial charge on any atom is -0.493 e. The second kappa shape index (κ2) is 9.07. The van der Waals surface area contributed by atoms with Crippen LogP contribution in [0.2, 0.25) is 0 Å². The molecule has 0 unspecified atom stereocenters. The third kappa shape index (κ3) is 5.52. The summed E-state index contributed by atoms with van der Waals surface area (Å²) in [5.41, 5.74) is 9.38. The maximum atomic E-state index is 12.1. The normalized spacial score (nSPS) is 10.4. The van der Waals surface area contributed by atoms with Crippen LogP contribution in [-0.4, -0.2) is 31.9 Å². The van der Waals surface area contributed by atoms with Crippen LogP contribution in [-0.2, 0) is 4.79 Å². The molecule has 0 spiro atoms. The smallest absolute Gasteiger partial charge is 0.332 e. The van der Waals surface area contributed by atoms with Crippen LogP contribution in [0.4, 0.5) is 10.5 Å². The van der Waals surface area contributed by atoms with Crippen LogP contribution in [0.3, 0.4) is 0 Å². The number of rotatable bonds is 7. The van der Waals surface area contributed by atoms with E-state index >= 15 is 0 Å². The van der Waals surface area contributed by atoms with Gasteiger partial charge in [-0.1, -0.05) is 18.2 Å². The molecular formula is C18H20N4O4. The van der Waals surface area contributed by atoms with E-state index in [1.807, 2.05) is 31.2 Å². The molecule has 8 heteroatoms. The molecule has 0 saturated heterocycles. The molecule has 4 N–H and O–H groups in total. The highest BCUT2D eigenvalue weighted by atomic mass is 16.5. The van der Waals surface area contributed by atoms with Gasteiger partial charge in [-0.15, -0.1) is 0 Å². The highest BCUT2D eigenvalue weighted by Gasteiger charge is 2.09. The largest absolute Gasteiger partial charge is 0.493 e. The van der Waals surface area contributed by atoms with Crippen molar-refractivity contribution in [2.24, 2.45) is 10.8 Å². The standard InChI is InChI=1S/C18H20N4O4/c1-12-5-3-4-6-14(12)21-17(23)11-26-15-8-7-13(9-16(15)25-2)10-20-22-18(19)24/h3-10H,11H2,1-2H3,(H,21,23)(H3,19,22,24). The summed E-state index contributed by atoms with van der Waals surface area (Å²) < 4.78 is 10.8. The molecule has 0 aromatic heterocycles. The van der Waals surface area contributed by atoms with E-state index in [1.54, 1.807) is 18.2 Å². The molecule has 0 radical (unpaired) electrons. The Bertz CT molecular complexity index is 821. The second-order valence-electron chi connectivity index (χ2n) is 5.30. The number of amides is 3. The zero-order valence-electron chi connectivity index (χ0n) is 14.5. The van der Waals surface area contributed by atoms with Crippen LogP contribution >= 0.6 is 0 Å². The fourth-order valence-electron chi connectivity index (χ4n) is 2.10. The number of urea groups is 1. The van der Waals surface area contributed by atoms with Gasteiger partial charge in [0.05, 0.1) is 13.3 Å². The summed E-state index contributed by atoms with van der Waals surface area (Å²) >= 11 is 0. The summed E-state index contributed by atoms with van der Waals surface area (Å²) in [5.74, 6) is 0.557. The van der Waals surface area contributed by atoms with Gasteiger partial charge in [0.2, 0.25) is 0 Å². The molecule has 0 bridgehead atoms. The van der Waals surface area contributed by atoms with Gasteiger partial charge in [-0.25, -0.2) is 10.2 Å². The Labute approximate surface area is 151 Å². The minimum absolute atomic E-state index is 0.165. The fraction of sp³-hybridized carbons (Fsp3) is 0.167. The molecule has 0 saturated carbocycles. The third-order valence-corrected chi connectivity index (χ3v) is 3.35. The van der Waals surface area contributed by atoms with Crippen molar-refractivity contribution in [1.82, 2.24) is 5.43 Å². The lowest BCUT2D eigenvalue weighted by Crippen LogP contribution is -2.24. The van der Waals surface area contributed by atoms with Crippen LogP contribution in [0, 0.1) is 6.92 Å². The molecule has 0 aliphatic rings. The predicted molar refractivity (Wildman–Crippen MR) is 98.6 cm³/mol. The van der Waals surface area contributed by atoms with Crippen molar-refractivity contribution in [2.75, 3.05) is 19.0 Å². The summed E-state index contributed by atoms with van der Waals surface area (Å²) in [6.45, 7) is 1.74. The van der Waals surface area contributed by atoms with E-state index in [-0.39, 0.29) is 12.5 Å². The number of anilines is 1. The van der Waals surface area contributed by atoms with E-state index in [0.717, 1.165) is 11.3 Å². The Morgan fingerprint density at radius 2 is 1.96 bits per heavy atom. The van der Waals surface area contributed by atoms with Gasteiger partial charge in [0.1, 0.15) is 0 Å². The van der Waals surface area contributed by atoms with Crippen LogP contribution in [0.5, 0.6) is 11.5 Å². The van der Waals surface area contributed by atoms with E-state index in [2.05, 4.69) is 15.8 Å². The minimum atomic E-state index is -0.757. The summed E-state index contributed by atoms with van der Waals surface area (Å²) in [5, 5.41) is 6.46. The number of nitrogens with two attached hydrogens (primary N) is 1. The molecule has 26 heavy (non-hydrogen) atoms. The number of carbonyl (C=O) groups excluding carboxylic acids is 2. The monoisotopic (exact) mass is 356 g/mol. The van der Waals surface area contributed by atoms with Crippen LogP contribution in [0.25, 0.3) is 0 Å². The molecule has 0 aliphatic carbocycles. The van der Waals surface area contributed by atoms with Crippen molar-refractivity contribution >= 4 is 23.8 Å². The molecule has 0 atom stereocenters. The first-order valence-electron chi connectivity index (χ1n) is 7.74. The first-order chi connectivity index (χ1) is 12.5. The number of benzene rings is 2. The van der Waals surface area contributed by atoms with Crippen LogP contribution < -0.4 is 25.9 Å². The summed E-state index contributed by atoms with van der Waals surface area (Å²) in [4.78, 5) is 22.6. The fourth-order valence-corrected chi connectivity index (χ4v) is 2.10. The Hall–Kier alpha value is -3.55. The molecule has 2 aromatic rings. The predicted octanol–water partition coefficient (Wildman–Crippen LogP) is 2.02. The Balaban J connectivity index is 1.98. The van der Waals surface area contributed by atoms with Crippen molar-refractivity contribution in [3.05, 3.63) is 53.6 Å². The second-order valence-corrected chi connectivity index (χ2v) is 5.30. The first kappa shape index (κ1) is 18.8. The number of ether oxygens (including phenoxy) is 2. The highest BCUT2D eigenvalue weighted by Crippen LogP contribution is 2.27. The molecule has 2 rings (SSSR count). The summed E-state index contributed by atoms with van der Waals surface area (Å²) in [7, 11) is 1.48. The Kier molecular flexibility index (Phi) is 6.55. The van der Waals surface area contributed by atoms with Gasteiger partial charge in [-0.05, 0) is 42.3 Å². The number of primary amides is 1. The van der Waals surface area contributed by atoms with Crippen molar-refractivity contribution in [1.29, 1.82) is 0 Å². The Morgan fingerprint density at radius 1 is 1.19 bits per heavy atom. The molecular weight excluding hydrogens is 336 g/mol. The van der Waals surface area contributed by atoms with Gasteiger partial charge in [0, 0.05) is 5.69 Å². The lowest BCUT2D eigenvalue weighted by Gasteiger charge is -2.12. The highest BCUT2D eigenvalue weighted by molar-refractivity contribution is 5.92. The van der Waals surface area contributed by atoms with Gasteiger partial charge < -0.3 is 20.5 Å². The van der Waals surface area contributed by atoms with Gasteiger partial charge in [0.15, 0.2) is 18.1 Å². The van der Waals surface area contributed by atoms with E-state index in [0.29, 0.717) is 17.1 Å². The number of methoxy groups -OCH3 is 1. The number of hydrazone groups is 1. The van der Waals surface area contributed by atoms with Gasteiger partial charge in [-0.2, -0.15) is 5.10 Å². The van der Waals surface area contributed by atoms with Crippen molar-refractivity contribution in [3.8, 4) is 11.5 Å². The average molecular weight is 356 g/mol. The number of carbonyl (C=O) groups is 2. The van der Waals surface area contributed by atoms with Crippen LogP contribution in [0.15, 0.2) is 47.6 Å². The van der Waals surface area contributed by atoms with Crippen molar-refractivity contribution in [3.63, 3.8) is 0 Å². The lowest BCUT2D eigenvalue weighted by atomic mass is 10.2. The van der Waals surface area contributed by atoms with E-state index < -0.39 is 6.03 Å². The van der Waals surface area contributed by atoms with E-state index in [1.165, 1.54) is 13.3 Å². The number of aryl methyl sites for hydroxylation is 1. The maximum absolute atomic E-state index is 12.1. The lowest BCUT2D eigenvalue weighted by molar-refractivity contribution is -0.118. The molecule has 2 aromatic carbocycles. The topological polar surface area (TPSA) is 115 Å². The number of para-hydroxylation sites is 1. The first-order valence-corrected chi connectivity index (χ1v) is 7.74. The molecule has 3 amide bonds. The summed E-state index contributed by atoms with van der Waals surface area (Å²) in [6, 6.07) is 11.7. The van der Waals surface area contributed by atoms with Crippen molar-refractivity contribution < 1.29 is 19.1 Å². The molecule has 0 fully saturated rings. The number of nitrogens with one attached hydrogen (secondary N) is 2. The maximum Gasteiger partial charge on any atom is 0.332 e. The number of hydrogen-bond donors (Lipinski definition) is 3. The molecule has 0 heterocycles. The van der Waals surface area contributed by atoms with Gasteiger partial charge >= 0.3 is 6.03 Å². The molecule has 0 aliphatic heterocycles. The Morgan fingerprint density at radius 3 is 2.65 bits per heavy atom. The third-order valence-electron chi connectivity index (χ3n) is 3.35. The van der Waals surface area contributed by atoms with Crippen LogP contribution in [0.1, 0.15) is 11.1 Å². The van der Waals surface area contributed by atoms with E-state index in [4.69, 9.17) is 15.2 Å². The number of hydrogen-bond acceptors (Lipinski definition) is 5. The van der Waals surface area contributed by atoms with Crippen molar-refractivity contribution in [2.45, 2.75) is 6.92 Å². The summed E-state index contributed by atoms with van der Waals surface area (Å²) in [6.07, 6.45) is 1.40. The quantitative estimate of drug-likeness (QED) is 0.520. The molecule has 8 nitrogen and oxygen atoms in total. The average Bonchev–Trinajstić information content (AvgIpc) is 2.62. The van der Waals surface area contributed by atoms with E-state index in [9.17, 15) is 9.59 Å². The van der Waals surface area contributed by atoms with Gasteiger partial charge in [0.25, 0.3) is 5.91 Å². The number of nitrogens with zero attached hydrogens (tertiary/aromatic N) is 1. The van der Waals surface area contributed by atoms with Gasteiger partial charge in [-0.3, -0.25) is 4.79 Å². The zero-order chi connectivity index (χ0) is 18.9.